The number of carbonyl (C=O) groups excluding carboxylic acids is 3. The molecule has 0 unspecified atom stereocenters. The fraction of sp³-hybridized carbons (Fsp3) is 0.321. The predicted octanol–water partition coefficient (Wildman–Crippen LogP) is 4.83. The molecule has 1 aliphatic rings. The fourth-order valence-corrected chi connectivity index (χ4v) is 5.76. The number of pyridine rings is 1. The van der Waals surface area contributed by atoms with E-state index in [4.69, 9.17) is 5.73 Å². The van der Waals surface area contributed by atoms with Crippen molar-refractivity contribution in [3.8, 4) is 10.6 Å². The molecule has 1 aromatic carbocycles. The molecule has 9 nitrogen and oxygen atoms in total. The maximum atomic E-state index is 13.1. The average Bonchev–Trinajstić information content (AvgIpc) is 3.67. The van der Waals surface area contributed by atoms with Crippen LogP contribution in [0.5, 0.6) is 0 Å². The van der Waals surface area contributed by atoms with Crippen LogP contribution in [0.2, 0.25) is 0 Å². The molecule has 3 heterocycles. The Morgan fingerprint density at radius 3 is 2.68 bits per heavy atom. The molecule has 0 bridgehead atoms. The number of aryl methyl sites for hydroxylation is 1. The van der Waals surface area contributed by atoms with Crippen LogP contribution in [0.15, 0.2) is 54.7 Å². The summed E-state index contributed by atoms with van der Waals surface area (Å²) in [5, 5.41) is 2.89. The predicted molar refractivity (Wildman–Crippen MR) is 149 cm³/mol. The van der Waals surface area contributed by atoms with E-state index in [1.807, 2.05) is 42.5 Å². The first-order chi connectivity index (χ1) is 18.4. The number of thiophene rings is 1. The van der Waals surface area contributed by atoms with Gasteiger partial charge in [-0.3, -0.25) is 24.7 Å². The number of primary amides is 1. The molecule has 1 saturated carbocycles. The van der Waals surface area contributed by atoms with Crippen LogP contribution in [0.4, 0.5) is 11.6 Å². The maximum absolute atomic E-state index is 13.1. The highest BCUT2D eigenvalue weighted by Crippen LogP contribution is 2.31. The smallest absolute Gasteiger partial charge is 0.268 e. The minimum Gasteiger partial charge on any atom is -0.370 e. The van der Waals surface area contributed by atoms with Crippen LogP contribution in [-0.4, -0.2) is 39.3 Å². The molecule has 196 valence electrons. The van der Waals surface area contributed by atoms with E-state index in [2.05, 4.69) is 15.3 Å². The van der Waals surface area contributed by atoms with Crippen molar-refractivity contribution in [2.75, 3.05) is 17.3 Å². The first kappa shape index (κ1) is 25.6. The Morgan fingerprint density at radius 1 is 1.13 bits per heavy atom. The highest BCUT2D eigenvalue weighted by molar-refractivity contribution is 7.17. The number of anilines is 2. The summed E-state index contributed by atoms with van der Waals surface area (Å²) >= 11 is 1.34. The minimum absolute atomic E-state index is 0.0827. The number of nitrogens with two attached hydrogens (primary N) is 1. The van der Waals surface area contributed by atoms with E-state index in [1.54, 1.807) is 28.8 Å². The summed E-state index contributed by atoms with van der Waals surface area (Å²) in [6.45, 7) is 0.265. The third kappa shape index (κ3) is 5.60. The topological polar surface area (TPSA) is 123 Å². The standard InChI is InChI=1S/C28H30N6O3S/c1-33(26(36)16-18-6-2-3-7-18)19-9-10-22-21(17-19)31-28(34(22)15-13-25(29)35)32-27(37)24-12-11-23(38-24)20-8-4-5-14-30-20/h4-5,8-12,14,17-18H,2-3,6-7,13,15-16H2,1H3,(H2,29,35)(H,31,32,37). The lowest BCUT2D eigenvalue weighted by Gasteiger charge is -2.19. The third-order valence-corrected chi connectivity index (χ3v) is 8.09. The highest BCUT2D eigenvalue weighted by atomic mass is 32.1. The van der Waals surface area contributed by atoms with Crippen molar-refractivity contribution in [1.29, 1.82) is 0 Å². The van der Waals surface area contributed by atoms with Gasteiger partial charge in [-0.2, -0.15) is 0 Å². The molecular weight excluding hydrogens is 500 g/mol. The summed E-state index contributed by atoms with van der Waals surface area (Å²) in [6, 6.07) is 14.8. The summed E-state index contributed by atoms with van der Waals surface area (Å²) in [7, 11) is 1.78. The monoisotopic (exact) mass is 530 g/mol. The molecule has 0 spiro atoms. The Kier molecular flexibility index (Phi) is 7.50. The number of nitrogens with zero attached hydrogens (tertiary/aromatic N) is 4. The average molecular weight is 531 g/mol. The van der Waals surface area contributed by atoms with Gasteiger partial charge < -0.3 is 15.2 Å². The Balaban J connectivity index is 1.39. The Bertz CT molecular complexity index is 1470. The van der Waals surface area contributed by atoms with Crippen molar-refractivity contribution in [1.82, 2.24) is 14.5 Å². The number of imidazole rings is 1. The zero-order valence-corrected chi connectivity index (χ0v) is 22.0. The van der Waals surface area contributed by atoms with Crippen LogP contribution in [0.3, 0.4) is 0 Å². The van der Waals surface area contributed by atoms with E-state index in [0.717, 1.165) is 34.6 Å². The number of fused-ring (bicyclic) bond motifs is 1. The van der Waals surface area contributed by atoms with Gasteiger partial charge in [-0.1, -0.05) is 18.9 Å². The second-order valence-electron chi connectivity index (χ2n) is 9.62. The van der Waals surface area contributed by atoms with E-state index in [0.29, 0.717) is 28.7 Å². The SMILES string of the molecule is CN(C(=O)CC1CCCC1)c1ccc2c(c1)nc(NC(=O)c1ccc(-c3ccccn3)s1)n2CCC(N)=O. The van der Waals surface area contributed by atoms with Gasteiger partial charge in [-0.15, -0.1) is 11.3 Å². The van der Waals surface area contributed by atoms with Crippen molar-refractivity contribution in [3.05, 3.63) is 59.6 Å². The Morgan fingerprint density at radius 2 is 1.95 bits per heavy atom. The molecule has 4 aromatic rings. The first-order valence-corrected chi connectivity index (χ1v) is 13.6. The second-order valence-corrected chi connectivity index (χ2v) is 10.7. The molecule has 1 aliphatic carbocycles. The van der Waals surface area contributed by atoms with Gasteiger partial charge in [0.1, 0.15) is 0 Å². The van der Waals surface area contributed by atoms with Crippen LogP contribution < -0.4 is 16.0 Å². The Hall–Kier alpha value is -4.05. The molecule has 0 atom stereocenters. The number of benzene rings is 1. The lowest BCUT2D eigenvalue weighted by molar-refractivity contribution is -0.119. The summed E-state index contributed by atoms with van der Waals surface area (Å²) in [6.07, 6.45) is 6.97. The molecule has 0 saturated heterocycles. The zero-order valence-electron chi connectivity index (χ0n) is 21.2. The van der Waals surface area contributed by atoms with Gasteiger partial charge in [0.2, 0.25) is 17.8 Å². The van der Waals surface area contributed by atoms with E-state index in [-0.39, 0.29) is 24.8 Å². The molecule has 0 aliphatic heterocycles. The van der Waals surface area contributed by atoms with Gasteiger partial charge in [0.25, 0.3) is 5.91 Å². The van der Waals surface area contributed by atoms with E-state index < -0.39 is 5.91 Å². The van der Waals surface area contributed by atoms with Gasteiger partial charge in [0, 0.05) is 38.3 Å². The number of amides is 3. The molecule has 3 amide bonds. The van der Waals surface area contributed by atoms with Crippen LogP contribution in [-0.2, 0) is 16.1 Å². The minimum atomic E-state index is -0.448. The van der Waals surface area contributed by atoms with Crippen LogP contribution in [0.25, 0.3) is 21.6 Å². The molecule has 5 rings (SSSR count). The third-order valence-electron chi connectivity index (χ3n) is 6.99. The zero-order chi connectivity index (χ0) is 26.6. The van der Waals surface area contributed by atoms with Crippen molar-refractivity contribution in [3.63, 3.8) is 0 Å². The Labute approximate surface area is 224 Å². The highest BCUT2D eigenvalue weighted by Gasteiger charge is 2.22. The lowest BCUT2D eigenvalue weighted by Crippen LogP contribution is -2.27. The maximum Gasteiger partial charge on any atom is 0.268 e. The molecule has 1 fully saturated rings. The summed E-state index contributed by atoms with van der Waals surface area (Å²) < 4.78 is 1.77. The molecule has 3 aromatic heterocycles. The largest absolute Gasteiger partial charge is 0.370 e. The number of aromatic nitrogens is 3. The lowest BCUT2D eigenvalue weighted by atomic mass is 10.0. The van der Waals surface area contributed by atoms with Gasteiger partial charge in [-0.25, -0.2) is 4.98 Å². The van der Waals surface area contributed by atoms with Crippen molar-refractivity contribution in [2.24, 2.45) is 11.7 Å². The number of nitrogens with one attached hydrogen (secondary N) is 1. The van der Waals surface area contributed by atoms with Gasteiger partial charge in [0.15, 0.2) is 0 Å². The van der Waals surface area contributed by atoms with Gasteiger partial charge >= 0.3 is 0 Å². The molecule has 3 N–H and O–H groups in total. The van der Waals surface area contributed by atoms with Crippen LogP contribution >= 0.6 is 11.3 Å². The van der Waals surface area contributed by atoms with Crippen molar-refractivity contribution >= 4 is 51.7 Å². The van der Waals surface area contributed by atoms with Crippen molar-refractivity contribution < 1.29 is 14.4 Å². The molecule has 10 heteroatoms. The molecular formula is C28H30N6O3S. The second kappa shape index (κ2) is 11.1. The summed E-state index contributed by atoms with van der Waals surface area (Å²) in [4.78, 5) is 49.6. The normalized spacial score (nSPS) is 13.6. The number of carbonyl (C=O) groups is 3. The van der Waals surface area contributed by atoms with Gasteiger partial charge in [-0.05, 0) is 61.2 Å². The van der Waals surface area contributed by atoms with Crippen LogP contribution in [0, 0.1) is 5.92 Å². The van der Waals surface area contributed by atoms with E-state index in [9.17, 15) is 14.4 Å². The first-order valence-electron chi connectivity index (χ1n) is 12.8. The number of hydrogen-bond acceptors (Lipinski definition) is 6. The molecule has 0 radical (unpaired) electrons. The summed E-state index contributed by atoms with van der Waals surface area (Å²) in [5.74, 6) is 0.0996. The fourth-order valence-electron chi connectivity index (χ4n) is 4.88. The van der Waals surface area contributed by atoms with E-state index in [1.165, 1.54) is 24.2 Å². The van der Waals surface area contributed by atoms with Crippen LogP contribution in [0.1, 0.15) is 48.2 Å². The van der Waals surface area contributed by atoms with E-state index >= 15 is 0 Å². The van der Waals surface area contributed by atoms with Crippen molar-refractivity contribution in [2.45, 2.75) is 45.1 Å². The molecule has 38 heavy (non-hydrogen) atoms. The van der Waals surface area contributed by atoms with Gasteiger partial charge in [0.05, 0.1) is 26.5 Å². The summed E-state index contributed by atoms with van der Waals surface area (Å²) in [5.41, 5.74) is 8.29. The number of rotatable bonds is 9. The quantitative estimate of drug-likeness (QED) is 0.321. The number of hydrogen-bond donors (Lipinski definition) is 2.